The van der Waals surface area contributed by atoms with Gasteiger partial charge in [-0.3, -0.25) is 4.79 Å². The van der Waals surface area contributed by atoms with Gasteiger partial charge in [0.2, 0.25) is 5.91 Å². The second-order valence-electron chi connectivity index (χ2n) is 7.98. The van der Waals surface area contributed by atoms with Crippen LogP contribution in [0, 0.1) is 23.2 Å². The van der Waals surface area contributed by atoms with Crippen LogP contribution in [0.2, 0.25) is 0 Å². The maximum atomic E-state index is 12.6. The van der Waals surface area contributed by atoms with Crippen LogP contribution in [0.1, 0.15) is 52.0 Å². The lowest BCUT2D eigenvalue weighted by atomic mass is 10.0. The van der Waals surface area contributed by atoms with Gasteiger partial charge in [-0.05, 0) is 24.8 Å². The average molecular weight is 426 g/mol. The third kappa shape index (κ3) is 8.14. The van der Waals surface area contributed by atoms with Gasteiger partial charge in [-0.2, -0.15) is 10.4 Å². The Labute approximate surface area is 186 Å². The van der Waals surface area contributed by atoms with E-state index in [9.17, 15) is 10.1 Å². The van der Waals surface area contributed by atoms with Crippen LogP contribution in [0.5, 0.6) is 0 Å². The van der Waals surface area contributed by atoms with Crippen molar-refractivity contribution < 1.29 is 9.53 Å². The van der Waals surface area contributed by atoms with Crippen molar-refractivity contribution in [3.05, 3.63) is 35.9 Å². The van der Waals surface area contributed by atoms with Crippen LogP contribution < -0.4 is 5.32 Å². The molecule has 1 amide bonds. The Morgan fingerprint density at radius 1 is 1.29 bits per heavy atom. The van der Waals surface area contributed by atoms with Crippen LogP contribution in [0.4, 0.5) is 0 Å². The zero-order chi connectivity index (χ0) is 22.5. The van der Waals surface area contributed by atoms with Crippen LogP contribution in [-0.4, -0.2) is 48.6 Å². The zero-order valence-electron chi connectivity index (χ0n) is 19.0. The number of rotatable bonds is 13. The van der Waals surface area contributed by atoms with Gasteiger partial charge in [0.1, 0.15) is 6.04 Å². The number of carbonyl (C=O) groups excluding carboxylic acids is 1. The molecule has 7 heteroatoms. The van der Waals surface area contributed by atoms with Gasteiger partial charge in [0.05, 0.1) is 25.8 Å². The van der Waals surface area contributed by atoms with Gasteiger partial charge < -0.3 is 15.0 Å². The Morgan fingerprint density at radius 2 is 2.06 bits per heavy atom. The minimum Gasteiger partial charge on any atom is -0.374 e. The van der Waals surface area contributed by atoms with Gasteiger partial charge >= 0.3 is 0 Å². The zero-order valence-corrected chi connectivity index (χ0v) is 19.0. The molecule has 0 spiro atoms. The second-order valence-corrected chi connectivity index (χ2v) is 7.98. The summed E-state index contributed by atoms with van der Waals surface area (Å²) in [6, 6.07) is 12.0. The monoisotopic (exact) mass is 425 g/mol. The molecule has 0 radical (unpaired) electrons. The first-order chi connectivity index (χ1) is 15.1. The maximum Gasteiger partial charge on any atom is 0.223 e. The van der Waals surface area contributed by atoms with E-state index >= 15 is 0 Å². The Morgan fingerprint density at radius 3 is 2.74 bits per heavy atom. The normalized spacial score (nSPS) is 16.2. The molecule has 0 bridgehead atoms. The van der Waals surface area contributed by atoms with E-state index in [2.05, 4.69) is 33.4 Å². The predicted octanol–water partition coefficient (Wildman–Crippen LogP) is 3.76. The Hall–Kier alpha value is -2.72. The molecule has 0 fully saturated rings. The number of nitrogens with one attached hydrogen (secondary N) is 1. The van der Waals surface area contributed by atoms with Crippen molar-refractivity contribution in [3.8, 4) is 6.07 Å². The van der Waals surface area contributed by atoms with E-state index in [1.54, 1.807) is 6.21 Å². The average Bonchev–Trinajstić information content (AvgIpc) is 2.81. The van der Waals surface area contributed by atoms with Crippen molar-refractivity contribution in [1.82, 2.24) is 10.2 Å². The first-order valence-electron chi connectivity index (χ1n) is 11.2. The molecule has 0 saturated carbocycles. The number of benzene rings is 1. The summed E-state index contributed by atoms with van der Waals surface area (Å²) in [6.07, 6.45) is 5.15. The van der Waals surface area contributed by atoms with E-state index in [0.29, 0.717) is 32.1 Å². The Balaban J connectivity index is 2.08. The Bertz CT molecular complexity index is 772. The smallest absolute Gasteiger partial charge is 0.223 e. The van der Waals surface area contributed by atoms with Gasteiger partial charge in [-0.15, -0.1) is 5.10 Å². The molecule has 3 atom stereocenters. The minimum atomic E-state index is -0.394. The molecule has 7 nitrogen and oxygen atoms in total. The highest BCUT2D eigenvalue weighted by atomic mass is 16.5. The van der Waals surface area contributed by atoms with Crippen molar-refractivity contribution in [1.29, 1.82) is 5.26 Å². The van der Waals surface area contributed by atoms with Crippen molar-refractivity contribution in [3.63, 3.8) is 0 Å². The fourth-order valence-electron chi connectivity index (χ4n) is 3.37. The number of carbonyl (C=O) groups is 1. The van der Waals surface area contributed by atoms with E-state index < -0.39 is 6.04 Å². The molecule has 31 heavy (non-hydrogen) atoms. The van der Waals surface area contributed by atoms with Crippen molar-refractivity contribution >= 4 is 18.0 Å². The topological polar surface area (TPSA) is 90.1 Å². The highest BCUT2D eigenvalue weighted by molar-refractivity contribution is 5.94. The van der Waals surface area contributed by atoms with E-state index in [0.717, 1.165) is 31.2 Å². The molecule has 168 valence electrons. The molecule has 0 saturated heterocycles. The van der Waals surface area contributed by atoms with Crippen molar-refractivity contribution in [2.24, 2.45) is 22.0 Å². The largest absolute Gasteiger partial charge is 0.374 e. The lowest BCUT2D eigenvalue weighted by Gasteiger charge is -2.32. The van der Waals surface area contributed by atoms with Crippen molar-refractivity contribution in [2.45, 2.75) is 59.1 Å². The fourth-order valence-corrected chi connectivity index (χ4v) is 3.37. The van der Waals surface area contributed by atoms with Crippen molar-refractivity contribution in [2.75, 3.05) is 19.7 Å². The van der Waals surface area contributed by atoms with E-state index in [4.69, 9.17) is 4.74 Å². The van der Waals surface area contributed by atoms with Crippen LogP contribution in [0.3, 0.4) is 0 Å². The standard InChI is InChI=1S/C24H35N5O2/c1-4-9-20(16-25)12-14-29-15-13-26-28-23(29)22(27-24(30)19(3)5-2)18-31-17-21-10-7-6-8-11-21/h6-8,10-11,13,19-20,22H,4-5,9,12,14-15,17-18H2,1-3H3,(H,27,30). The number of ether oxygens (including phenoxy) is 1. The molecule has 1 aliphatic heterocycles. The van der Waals surface area contributed by atoms with Gasteiger partial charge in [0, 0.05) is 24.6 Å². The number of amides is 1. The van der Waals surface area contributed by atoms with Crippen LogP contribution in [0.25, 0.3) is 0 Å². The number of amidine groups is 1. The molecule has 0 aromatic heterocycles. The second kappa shape index (κ2) is 13.6. The summed E-state index contributed by atoms with van der Waals surface area (Å²) in [5.74, 6) is 0.604. The molecular formula is C24H35N5O2. The van der Waals surface area contributed by atoms with E-state index in [1.807, 2.05) is 44.2 Å². The molecule has 0 aliphatic carbocycles. The van der Waals surface area contributed by atoms with Gasteiger partial charge in [0.25, 0.3) is 0 Å². The van der Waals surface area contributed by atoms with Gasteiger partial charge in [-0.1, -0.05) is 57.5 Å². The molecule has 3 unspecified atom stereocenters. The molecular weight excluding hydrogens is 390 g/mol. The summed E-state index contributed by atoms with van der Waals surface area (Å²) in [5, 5.41) is 21.0. The summed E-state index contributed by atoms with van der Waals surface area (Å²) >= 11 is 0. The summed E-state index contributed by atoms with van der Waals surface area (Å²) in [7, 11) is 0. The highest BCUT2D eigenvalue weighted by Crippen LogP contribution is 2.14. The molecule has 1 aliphatic rings. The first-order valence-corrected chi connectivity index (χ1v) is 11.2. The molecule has 1 heterocycles. The maximum absolute atomic E-state index is 12.6. The van der Waals surface area contributed by atoms with Crippen LogP contribution >= 0.6 is 0 Å². The highest BCUT2D eigenvalue weighted by Gasteiger charge is 2.27. The fraction of sp³-hybridized carbons (Fsp3) is 0.583. The number of hydrogen-bond acceptors (Lipinski definition) is 6. The van der Waals surface area contributed by atoms with Crippen LogP contribution in [-0.2, 0) is 16.1 Å². The third-order valence-electron chi connectivity index (χ3n) is 5.52. The number of nitrogens with zero attached hydrogens (tertiary/aromatic N) is 4. The molecule has 2 rings (SSSR count). The lowest BCUT2D eigenvalue weighted by molar-refractivity contribution is -0.125. The lowest BCUT2D eigenvalue weighted by Crippen LogP contribution is -2.53. The third-order valence-corrected chi connectivity index (χ3v) is 5.52. The first kappa shape index (κ1) is 24.5. The molecule has 1 N–H and O–H groups in total. The quantitative estimate of drug-likeness (QED) is 0.521. The van der Waals surface area contributed by atoms with Gasteiger partial charge in [0.15, 0.2) is 5.84 Å². The van der Waals surface area contributed by atoms with Crippen LogP contribution in [0.15, 0.2) is 40.5 Å². The number of hydrogen-bond donors (Lipinski definition) is 1. The summed E-state index contributed by atoms with van der Waals surface area (Å²) < 4.78 is 5.96. The Kier molecular flexibility index (Phi) is 10.7. The molecule has 1 aromatic rings. The van der Waals surface area contributed by atoms with Gasteiger partial charge in [-0.25, -0.2) is 0 Å². The SMILES string of the molecule is CCCC(C#N)CCN1CC=NN=C1C(COCc1ccccc1)NC(=O)C(C)CC. The van der Waals surface area contributed by atoms with E-state index in [1.165, 1.54) is 0 Å². The van der Waals surface area contributed by atoms with E-state index in [-0.39, 0.29) is 17.7 Å². The summed E-state index contributed by atoms with van der Waals surface area (Å²) in [6.45, 7) is 8.07. The minimum absolute atomic E-state index is 0.0195. The number of nitriles is 1. The summed E-state index contributed by atoms with van der Waals surface area (Å²) in [5.41, 5.74) is 1.08. The molecule has 1 aromatic carbocycles. The predicted molar refractivity (Wildman–Crippen MR) is 124 cm³/mol. The summed E-state index contributed by atoms with van der Waals surface area (Å²) in [4.78, 5) is 14.7.